The Balaban J connectivity index is 1.61. The number of nitrogens with zero attached hydrogens (tertiary/aromatic N) is 1. The summed E-state index contributed by atoms with van der Waals surface area (Å²) in [6, 6.07) is 11.7. The summed E-state index contributed by atoms with van der Waals surface area (Å²) in [7, 11) is -0.728. The third kappa shape index (κ3) is 5.31. The summed E-state index contributed by atoms with van der Waals surface area (Å²) >= 11 is 5.92. The van der Waals surface area contributed by atoms with E-state index in [4.69, 9.17) is 21.1 Å². The van der Waals surface area contributed by atoms with Crippen LogP contribution in [-0.2, 0) is 14.8 Å². The topological polar surface area (TPSA) is 84.9 Å². The molecular formula is C22H27ClN2O5S. The molecule has 1 heterocycles. The number of ether oxygens (including phenoxy) is 2. The Labute approximate surface area is 188 Å². The predicted octanol–water partition coefficient (Wildman–Crippen LogP) is 3.64. The molecule has 168 valence electrons. The molecule has 3 rings (SSSR count). The maximum absolute atomic E-state index is 13.0. The number of piperidine rings is 1. The van der Waals surface area contributed by atoms with Gasteiger partial charge < -0.3 is 14.8 Å². The number of benzene rings is 2. The summed E-state index contributed by atoms with van der Waals surface area (Å²) in [6.45, 7) is 2.48. The van der Waals surface area contributed by atoms with Crippen LogP contribution in [-0.4, -0.2) is 45.9 Å². The molecule has 0 radical (unpaired) electrons. The molecule has 1 unspecified atom stereocenters. The summed E-state index contributed by atoms with van der Waals surface area (Å²) in [5.74, 6) is 0.526. The van der Waals surface area contributed by atoms with Crippen LogP contribution in [0.2, 0.25) is 5.02 Å². The smallest absolute Gasteiger partial charge is 0.243 e. The largest absolute Gasteiger partial charge is 0.493 e. The van der Waals surface area contributed by atoms with Gasteiger partial charge in [0, 0.05) is 30.1 Å². The summed E-state index contributed by atoms with van der Waals surface area (Å²) in [5, 5.41) is 3.66. The van der Waals surface area contributed by atoms with Gasteiger partial charge in [0.25, 0.3) is 0 Å². The molecule has 1 aliphatic rings. The molecule has 0 bridgehead atoms. The standard InChI is InChI=1S/C22H27ClN2O5S/c1-15(16-4-6-18(23)7-5-16)24-22(26)17-10-12-25(13-11-17)31(27,28)19-8-9-20(29-2)21(14-19)30-3/h4-9,14-15,17H,10-13H2,1-3H3,(H,24,26). The van der Waals surface area contributed by atoms with Crippen molar-refractivity contribution in [1.82, 2.24) is 9.62 Å². The van der Waals surface area contributed by atoms with Crippen molar-refractivity contribution < 1.29 is 22.7 Å². The molecule has 1 fully saturated rings. The first-order chi connectivity index (χ1) is 14.8. The van der Waals surface area contributed by atoms with Crippen molar-refractivity contribution in [3.05, 3.63) is 53.1 Å². The second-order valence-corrected chi connectivity index (χ2v) is 9.85. The molecule has 0 aliphatic carbocycles. The zero-order chi connectivity index (χ0) is 22.6. The number of nitrogens with one attached hydrogen (secondary N) is 1. The van der Waals surface area contributed by atoms with E-state index in [9.17, 15) is 13.2 Å². The summed E-state index contributed by atoms with van der Waals surface area (Å²) in [4.78, 5) is 12.8. The van der Waals surface area contributed by atoms with Gasteiger partial charge in [0.2, 0.25) is 15.9 Å². The van der Waals surface area contributed by atoms with Gasteiger partial charge in [0.1, 0.15) is 0 Å². The fourth-order valence-electron chi connectivity index (χ4n) is 3.65. The molecule has 31 heavy (non-hydrogen) atoms. The van der Waals surface area contributed by atoms with Crippen molar-refractivity contribution in [3.8, 4) is 11.5 Å². The van der Waals surface area contributed by atoms with Crippen LogP contribution >= 0.6 is 11.6 Å². The number of hydrogen-bond acceptors (Lipinski definition) is 5. The Morgan fingerprint density at radius 2 is 1.68 bits per heavy atom. The lowest BCUT2D eigenvalue weighted by Gasteiger charge is -2.31. The van der Waals surface area contributed by atoms with Gasteiger partial charge in [-0.25, -0.2) is 8.42 Å². The molecule has 7 nitrogen and oxygen atoms in total. The quantitative estimate of drug-likeness (QED) is 0.673. The lowest BCUT2D eigenvalue weighted by molar-refractivity contribution is -0.126. The highest BCUT2D eigenvalue weighted by molar-refractivity contribution is 7.89. The molecule has 0 aromatic heterocycles. The Morgan fingerprint density at radius 3 is 2.26 bits per heavy atom. The fraction of sp³-hybridized carbons (Fsp3) is 0.409. The second-order valence-electron chi connectivity index (χ2n) is 7.48. The highest BCUT2D eigenvalue weighted by atomic mass is 35.5. The van der Waals surface area contributed by atoms with Crippen molar-refractivity contribution in [2.24, 2.45) is 5.92 Å². The summed E-state index contributed by atoms with van der Waals surface area (Å²) < 4.78 is 37.9. The fourth-order valence-corrected chi connectivity index (χ4v) is 5.26. The minimum atomic E-state index is -3.69. The highest BCUT2D eigenvalue weighted by Gasteiger charge is 2.33. The monoisotopic (exact) mass is 466 g/mol. The molecule has 9 heteroatoms. The van der Waals surface area contributed by atoms with Crippen molar-refractivity contribution in [2.45, 2.75) is 30.7 Å². The Kier molecular flexibility index (Phi) is 7.46. The van der Waals surface area contributed by atoms with Gasteiger partial charge in [-0.05, 0) is 49.6 Å². The Bertz CT molecular complexity index is 1020. The van der Waals surface area contributed by atoms with Crippen molar-refractivity contribution in [2.75, 3.05) is 27.3 Å². The Hall–Kier alpha value is -2.29. The lowest BCUT2D eigenvalue weighted by atomic mass is 9.96. The molecule has 2 aromatic rings. The van der Waals surface area contributed by atoms with Crippen LogP contribution in [0.25, 0.3) is 0 Å². The van der Waals surface area contributed by atoms with Crippen molar-refractivity contribution in [3.63, 3.8) is 0 Å². The van der Waals surface area contributed by atoms with Crippen LogP contribution in [0.1, 0.15) is 31.4 Å². The Morgan fingerprint density at radius 1 is 1.06 bits per heavy atom. The van der Waals surface area contributed by atoms with E-state index >= 15 is 0 Å². The number of rotatable bonds is 7. The first kappa shape index (κ1) is 23.4. The third-order valence-corrected chi connectivity index (χ3v) is 7.69. The van der Waals surface area contributed by atoms with Crippen LogP contribution in [0, 0.1) is 5.92 Å². The number of carbonyl (C=O) groups excluding carboxylic acids is 1. The van der Waals surface area contributed by atoms with Gasteiger partial charge in [-0.3, -0.25) is 4.79 Å². The zero-order valence-corrected chi connectivity index (χ0v) is 19.4. The average Bonchev–Trinajstić information content (AvgIpc) is 2.78. The average molecular weight is 467 g/mol. The van der Waals surface area contributed by atoms with E-state index in [-0.39, 0.29) is 35.9 Å². The summed E-state index contributed by atoms with van der Waals surface area (Å²) in [6.07, 6.45) is 0.928. The van der Waals surface area contributed by atoms with Gasteiger partial charge in [0.15, 0.2) is 11.5 Å². The van der Waals surface area contributed by atoms with E-state index in [0.29, 0.717) is 29.4 Å². The molecule has 0 spiro atoms. The number of carbonyl (C=O) groups is 1. The van der Waals surface area contributed by atoms with Crippen LogP contribution in [0.15, 0.2) is 47.4 Å². The maximum Gasteiger partial charge on any atom is 0.243 e. The number of amides is 1. The summed E-state index contributed by atoms with van der Waals surface area (Å²) in [5.41, 5.74) is 0.964. The first-order valence-corrected chi connectivity index (χ1v) is 11.9. The molecule has 0 saturated carbocycles. The number of methoxy groups -OCH3 is 2. The number of halogens is 1. The van der Waals surface area contributed by atoms with E-state index in [0.717, 1.165) is 5.56 Å². The highest BCUT2D eigenvalue weighted by Crippen LogP contribution is 2.32. The van der Waals surface area contributed by atoms with Gasteiger partial charge >= 0.3 is 0 Å². The maximum atomic E-state index is 13.0. The van der Waals surface area contributed by atoms with Crippen LogP contribution in [0.5, 0.6) is 11.5 Å². The predicted molar refractivity (Wildman–Crippen MR) is 119 cm³/mol. The van der Waals surface area contributed by atoms with Gasteiger partial charge in [-0.15, -0.1) is 0 Å². The molecule has 1 aliphatic heterocycles. The van der Waals surface area contributed by atoms with Crippen LogP contribution in [0.3, 0.4) is 0 Å². The van der Waals surface area contributed by atoms with Crippen LogP contribution in [0.4, 0.5) is 0 Å². The van der Waals surface area contributed by atoms with E-state index in [2.05, 4.69) is 5.32 Å². The van der Waals surface area contributed by atoms with E-state index in [1.807, 2.05) is 19.1 Å². The zero-order valence-electron chi connectivity index (χ0n) is 17.8. The number of sulfonamides is 1. The molecule has 1 atom stereocenters. The van der Waals surface area contributed by atoms with Crippen molar-refractivity contribution >= 4 is 27.5 Å². The van der Waals surface area contributed by atoms with E-state index in [1.54, 1.807) is 18.2 Å². The van der Waals surface area contributed by atoms with Gasteiger partial charge in [-0.1, -0.05) is 23.7 Å². The minimum absolute atomic E-state index is 0.0642. The van der Waals surface area contributed by atoms with Crippen molar-refractivity contribution in [1.29, 1.82) is 0 Å². The third-order valence-electron chi connectivity index (χ3n) is 5.55. The minimum Gasteiger partial charge on any atom is -0.493 e. The first-order valence-electron chi connectivity index (χ1n) is 10.0. The molecule has 1 amide bonds. The normalized spacial score (nSPS) is 16.5. The van der Waals surface area contributed by atoms with E-state index < -0.39 is 10.0 Å². The second kappa shape index (κ2) is 9.89. The number of hydrogen-bond donors (Lipinski definition) is 1. The SMILES string of the molecule is COc1ccc(S(=O)(=O)N2CCC(C(=O)NC(C)c3ccc(Cl)cc3)CC2)cc1OC. The lowest BCUT2D eigenvalue weighted by Crippen LogP contribution is -2.43. The van der Waals surface area contributed by atoms with Gasteiger partial charge in [-0.2, -0.15) is 4.31 Å². The van der Waals surface area contributed by atoms with E-state index in [1.165, 1.54) is 30.7 Å². The van der Waals surface area contributed by atoms with Crippen LogP contribution < -0.4 is 14.8 Å². The molecule has 2 aromatic carbocycles. The molecule has 1 N–H and O–H groups in total. The molecule has 1 saturated heterocycles. The molecular weight excluding hydrogens is 440 g/mol. The van der Waals surface area contributed by atoms with Gasteiger partial charge in [0.05, 0.1) is 25.2 Å².